The maximum absolute atomic E-state index is 12.9. The van der Waals surface area contributed by atoms with E-state index >= 15 is 0 Å². The monoisotopic (exact) mass is 449 g/mol. The van der Waals surface area contributed by atoms with E-state index in [0.717, 1.165) is 57.2 Å². The van der Waals surface area contributed by atoms with E-state index in [2.05, 4.69) is 37.9 Å². The summed E-state index contributed by atoms with van der Waals surface area (Å²) in [7, 11) is 0. The first-order chi connectivity index (χ1) is 16.2. The number of aromatic nitrogens is 2. The van der Waals surface area contributed by atoms with E-state index in [1.165, 1.54) is 17.5 Å². The van der Waals surface area contributed by atoms with Crippen molar-refractivity contribution in [3.8, 4) is 0 Å². The zero-order valence-electron chi connectivity index (χ0n) is 18.8. The van der Waals surface area contributed by atoms with Crippen LogP contribution in [0.4, 0.5) is 10.5 Å². The lowest BCUT2D eigenvalue weighted by atomic mass is 9.83. The zero-order valence-corrected chi connectivity index (χ0v) is 18.8. The molecule has 0 radical (unpaired) electrons. The summed E-state index contributed by atoms with van der Waals surface area (Å²) < 4.78 is 5.49. The number of hydrogen-bond acceptors (Lipinski definition) is 6. The summed E-state index contributed by atoms with van der Waals surface area (Å²) in [6, 6.07) is 8.72. The summed E-state index contributed by atoms with van der Waals surface area (Å²) in [6.45, 7) is 6.18. The molecule has 4 aliphatic rings. The molecule has 3 unspecified atom stereocenters. The minimum absolute atomic E-state index is 0.115. The number of nitrogens with zero attached hydrogens (tertiary/aromatic N) is 4. The van der Waals surface area contributed by atoms with Crippen molar-refractivity contribution in [1.29, 1.82) is 0 Å². The van der Waals surface area contributed by atoms with Crippen molar-refractivity contribution in [2.45, 2.75) is 44.4 Å². The van der Waals surface area contributed by atoms with Gasteiger partial charge in [0.1, 0.15) is 11.5 Å². The van der Waals surface area contributed by atoms with E-state index in [9.17, 15) is 4.79 Å². The van der Waals surface area contributed by atoms with Gasteiger partial charge in [-0.05, 0) is 36.3 Å². The molecule has 0 spiro atoms. The maximum Gasteiger partial charge on any atom is 0.322 e. The second-order valence-corrected chi connectivity index (χ2v) is 9.60. The predicted octanol–water partition coefficient (Wildman–Crippen LogP) is 2.18. The van der Waals surface area contributed by atoms with Crippen LogP contribution in [0.2, 0.25) is 0 Å². The van der Waals surface area contributed by atoms with Crippen molar-refractivity contribution < 1.29 is 9.53 Å². The fraction of sp³-hybridized carbons (Fsp3) is 0.542. The molecule has 3 aliphatic heterocycles. The number of carbonyl (C=O) groups is 1. The second kappa shape index (κ2) is 8.79. The first-order valence-electron chi connectivity index (χ1n) is 12.0. The van der Waals surface area contributed by atoms with Gasteiger partial charge >= 0.3 is 6.03 Å². The number of ether oxygens (including phenoxy) is 1. The average Bonchev–Trinajstić information content (AvgIpc) is 3.57. The molecule has 1 aliphatic carbocycles. The number of rotatable bonds is 4. The van der Waals surface area contributed by atoms with Crippen LogP contribution in [-0.2, 0) is 17.8 Å². The van der Waals surface area contributed by atoms with E-state index in [1.807, 2.05) is 17.0 Å². The number of nitrogens with one attached hydrogen (secondary N) is 3. The van der Waals surface area contributed by atoms with Gasteiger partial charge in [-0.2, -0.15) is 5.10 Å². The number of H-pyrrole nitrogens is 1. The van der Waals surface area contributed by atoms with Gasteiger partial charge in [-0.25, -0.2) is 4.79 Å². The van der Waals surface area contributed by atoms with Crippen LogP contribution in [0.3, 0.4) is 0 Å². The molecule has 2 amide bonds. The largest absolute Gasteiger partial charge is 0.379 e. The lowest BCUT2D eigenvalue weighted by Crippen LogP contribution is -2.45. The smallest absolute Gasteiger partial charge is 0.322 e. The quantitative estimate of drug-likeness (QED) is 0.665. The van der Waals surface area contributed by atoms with Crippen molar-refractivity contribution in [3.63, 3.8) is 0 Å². The summed E-state index contributed by atoms with van der Waals surface area (Å²) in [4.78, 5) is 22.3. The summed E-state index contributed by atoms with van der Waals surface area (Å²) in [5.74, 6) is 1.50. The maximum atomic E-state index is 12.9. The highest BCUT2D eigenvalue weighted by Crippen LogP contribution is 2.32. The Balaban J connectivity index is 1.08. The summed E-state index contributed by atoms with van der Waals surface area (Å²) in [5, 5.41) is 13.9. The fourth-order valence-corrected chi connectivity index (χ4v) is 5.61. The number of amides is 2. The fourth-order valence-electron chi connectivity index (χ4n) is 5.61. The lowest BCUT2D eigenvalue weighted by Gasteiger charge is -2.35. The standard InChI is InChI=1S/C24H31N7O2/c32-24(31-14-17-3-1-2-4-18(17)15-31)28-21-12-25-29-22(21)23-26-19-6-5-16(11-20(19)27-23)13-30-7-9-33-10-8-30/h1-4,12,16,19-20H,5-11,13-15H2,(H,25,29)(H,26,27)(H,28,32). The molecule has 2 aromatic rings. The molecule has 174 valence electrons. The number of fused-ring (bicyclic) bond motifs is 2. The third-order valence-electron chi connectivity index (χ3n) is 7.41. The lowest BCUT2D eigenvalue weighted by molar-refractivity contribution is 0.0266. The van der Waals surface area contributed by atoms with E-state index in [-0.39, 0.29) is 6.03 Å². The number of aliphatic imine (C=N–C) groups is 1. The van der Waals surface area contributed by atoms with Crippen LogP contribution in [0.5, 0.6) is 0 Å². The van der Waals surface area contributed by atoms with Gasteiger partial charge < -0.3 is 20.3 Å². The molecule has 3 N–H and O–H groups in total. The zero-order chi connectivity index (χ0) is 22.2. The molecule has 9 nitrogen and oxygen atoms in total. The first kappa shape index (κ1) is 20.7. The van der Waals surface area contributed by atoms with Gasteiger partial charge in [-0.15, -0.1) is 0 Å². The van der Waals surface area contributed by atoms with Crippen molar-refractivity contribution in [3.05, 3.63) is 47.3 Å². The molecule has 0 bridgehead atoms. The van der Waals surface area contributed by atoms with Gasteiger partial charge in [0.05, 0.1) is 37.2 Å². The SMILES string of the molecule is O=C(Nc1cn[nH]c1C1=NC2CCC(CN3CCOCC3)CC2N1)N1Cc2ccccc2C1. The minimum Gasteiger partial charge on any atom is -0.379 e. The molecule has 1 aromatic heterocycles. The van der Waals surface area contributed by atoms with Gasteiger partial charge in [0.2, 0.25) is 0 Å². The van der Waals surface area contributed by atoms with E-state index in [4.69, 9.17) is 9.73 Å². The number of urea groups is 1. The predicted molar refractivity (Wildman–Crippen MR) is 125 cm³/mol. The van der Waals surface area contributed by atoms with E-state index in [1.54, 1.807) is 6.20 Å². The Morgan fingerprint density at radius 3 is 2.73 bits per heavy atom. The summed E-state index contributed by atoms with van der Waals surface area (Å²) >= 11 is 0. The molecule has 1 aromatic carbocycles. The Morgan fingerprint density at radius 1 is 1.15 bits per heavy atom. The Morgan fingerprint density at radius 2 is 1.94 bits per heavy atom. The van der Waals surface area contributed by atoms with Crippen LogP contribution in [-0.4, -0.2) is 76.8 Å². The van der Waals surface area contributed by atoms with E-state index in [0.29, 0.717) is 36.8 Å². The number of hydrogen-bond donors (Lipinski definition) is 3. The highest BCUT2D eigenvalue weighted by Gasteiger charge is 2.37. The first-order valence-corrected chi connectivity index (χ1v) is 12.0. The van der Waals surface area contributed by atoms with Gasteiger partial charge in [0.15, 0.2) is 0 Å². The molecule has 33 heavy (non-hydrogen) atoms. The number of carbonyl (C=O) groups excluding carboxylic acids is 1. The van der Waals surface area contributed by atoms with Gasteiger partial charge in [0.25, 0.3) is 0 Å². The Bertz CT molecular complexity index is 1020. The number of aromatic amines is 1. The Hall–Kier alpha value is -2.91. The van der Waals surface area contributed by atoms with Crippen LogP contribution in [0.15, 0.2) is 35.5 Å². The van der Waals surface area contributed by atoms with E-state index < -0.39 is 0 Å². The highest BCUT2D eigenvalue weighted by atomic mass is 16.5. The topological polar surface area (TPSA) is 97.9 Å². The highest BCUT2D eigenvalue weighted by molar-refractivity contribution is 6.05. The molecular weight excluding hydrogens is 418 g/mol. The van der Waals surface area contributed by atoms with Crippen LogP contribution >= 0.6 is 0 Å². The summed E-state index contributed by atoms with van der Waals surface area (Å²) in [6.07, 6.45) is 5.10. The minimum atomic E-state index is -0.115. The van der Waals surface area contributed by atoms with Crippen LogP contribution in [0.25, 0.3) is 0 Å². The normalized spacial score (nSPS) is 27.0. The Labute approximate surface area is 193 Å². The van der Waals surface area contributed by atoms with Gasteiger partial charge in [-0.3, -0.25) is 15.0 Å². The third kappa shape index (κ3) is 4.22. The number of amidine groups is 1. The summed E-state index contributed by atoms with van der Waals surface area (Å²) in [5.41, 5.74) is 3.85. The van der Waals surface area contributed by atoms with Gasteiger partial charge in [0, 0.05) is 32.7 Å². The molecular formula is C24H31N7O2. The molecule has 1 saturated heterocycles. The van der Waals surface area contributed by atoms with Crippen LogP contribution in [0.1, 0.15) is 36.1 Å². The van der Waals surface area contributed by atoms with Crippen molar-refractivity contribution in [2.24, 2.45) is 10.9 Å². The van der Waals surface area contributed by atoms with Crippen LogP contribution in [0, 0.1) is 5.92 Å². The molecule has 2 fully saturated rings. The van der Waals surface area contributed by atoms with Crippen molar-refractivity contribution in [2.75, 3.05) is 38.2 Å². The van der Waals surface area contributed by atoms with Crippen LogP contribution < -0.4 is 10.6 Å². The van der Waals surface area contributed by atoms with Crippen molar-refractivity contribution >= 4 is 17.6 Å². The average molecular weight is 450 g/mol. The third-order valence-corrected chi connectivity index (χ3v) is 7.41. The number of morpholine rings is 1. The van der Waals surface area contributed by atoms with Gasteiger partial charge in [-0.1, -0.05) is 24.3 Å². The molecule has 4 heterocycles. The molecule has 6 rings (SSSR count). The number of benzene rings is 1. The Kier molecular flexibility index (Phi) is 5.51. The molecule has 1 saturated carbocycles. The molecule has 3 atom stereocenters. The second-order valence-electron chi connectivity index (χ2n) is 9.60. The number of anilines is 1. The van der Waals surface area contributed by atoms with Crippen molar-refractivity contribution in [1.82, 2.24) is 25.3 Å². The molecule has 9 heteroatoms.